The van der Waals surface area contributed by atoms with Crippen LogP contribution in [0, 0.1) is 31.1 Å². The van der Waals surface area contributed by atoms with Gasteiger partial charge in [-0.15, -0.1) is 0 Å². The van der Waals surface area contributed by atoms with Crippen molar-refractivity contribution < 1.29 is 14.3 Å². The van der Waals surface area contributed by atoms with Gasteiger partial charge in [-0.05, 0) is 93.2 Å². The zero-order chi connectivity index (χ0) is 22.7. The van der Waals surface area contributed by atoms with Crippen molar-refractivity contribution in [1.29, 1.82) is 5.26 Å². The first-order chi connectivity index (χ1) is 15.4. The standard InChI is InChI=1S/C28H33NO3/c1-19-8-9-21(14-20(19)2)15-22-17-28(18-29,13-12-25(22)30)23-10-11-26(31-3)27(16-23)32-24-6-4-5-7-24/h8-11,14,16,22,24H,4-7,12-13,15,17H2,1-3H3. The number of aryl methyl sites for hydroxylation is 2. The molecule has 0 spiro atoms. The highest BCUT2D eigenvalue weighted by atomic mass is 16.5. The van der Waals surface area contributed by atoms with Crippen molar-refractivity contribution in [2.24, 2.45) is 5.92 Å². The van der Waals surface area contributed by atoms with Crippen LogP contribution in [0.5, 0.6) is 11.5 Å². The number of hydrogen-bond donors (Lipinski definition) is 0. The molecule has 0 saturated heterocycles. The van der Waals surface area contributed by atoms with E-state index in [1.807, 2.05) is 18.2 Å². The summed E-state index contributed by atoms with van der Waals surface area (Å²) >= 11 is 0. The van der Waals surface area contributed by atoms with Crippen LogP contribution in [0.3, 0.4) is 0 Å². The molecule has 0 aromatic heterocycles. The van der Waals surface area contributed by atoms with E-state index in [9.17, 15) is 10.1 Å². The smallest absolute Gasteiger partial charge is 0.161 e. The first-order valence-corrected chi connectivity index (χ1v) is 11.8. The zero-order valence-electron chi connectivity index (χ0n) is 19.4. The number of carbonyl (C=O) groups excluding carboxylic acids is 1. The minimum atomic E-state index is -0.682. The summed E-state index contributed by atoms with van der Waals surface area (Å²) in [5.41, 5.74) is 3.91. The van der Waals surface area contributed by atoms with Crippen molar-refractivity contribution in [1.82, 2.24) is 0 Å². The van der Waals surface area contributed by atoms with Crippen molar-refractivity contribution >= 4 is 5.78 Å². The van der Waals surface area contributed by atoms with Gasteiger partial charge in [0.05, 0.1) is 24.7 Å². The van der Waals surface area contributed by atoms with Crippen LogP contribution in [0.4, 0.5) is 0 Å². The van der Waals surface area contributed by atoms with Crippen LogP contribution in [0.1, 0.15) is 67.2 Å². The van der Waals surface area contributed by atoms with Crippen LogP contribution in [-0.4, -0.2) is 19.0 Å². The molecular formula is C28H33NO3. The summed E-state index contributed by atoms with van der Waals surface area (Å²) in [4.78, 5) is 12.8. The van der Waals surface area contributed by atoms with E-state index in [2.05, 4.69) is 38.1 Å². The Morgan fingerprint density at radius 3 is 2.53 bits per heavy atom. The van der Waals surface area contributed by atoms with Gasteiger partial charge in [0.2, 0.25) is 0 Å². The quantitative estimate of drug-likeness (QED) is 0.562. The molecule has 0 bridgehead atoms. The maximum atomic E-state index is 12.8. The van der Waals surface area contributed by atoms with Crippen molar-refractivity contribution in [2.45, 2.75) is 76.7 Å². The number of Topliss-reactive ketones (excluding diaryl/α,β-unsaturated/α-hetero) is 1. The van der Waals surface area contributed by atoms with Crippen LogP contribution < -0.4 is 9.47 Å². The molecule has 2 aliphatic carbocycles. The molecule has 2 fully saturated rings. The van der Waals surface area contributed by atoms with Crippen LogP contribution >= 0.6 is 0 Å². The van der Waals surface area contributed by atoms with Gasteiger partial charge in [0.15, 0.2) is 11.5 Å². The van der Waals surface area contributed by atoms with Gasteiger partial charge in [-0.25, -0.2) is 0 Å². The summed E-state index contributed by atoms with van der Waals surface area (Å²) < 4.78 is 11.8. The number of ether oxygens (including phenoxy) is 2. The Labute approximate surface area is 191 Å². The number of nitrogens with zero attached hydrogens (tertiary/aromatic N) is 1. The zero-order valence-corrected chi connectivity index (χ0v) is 19.4. The molecule has 0 amide bonds. The SMILES string of the molecule is COc1ccc(C2(C#N)CCC(=O)C(Cc3ccc(C)c(C)c3)C2)cc1OC1CCCC1. The summed E-state index contributed by atoms with van der Waals surface area (Å²) in [6, 6.07) is 14.9. The maximum absolute atomic E-state index is 12.8. The number of benzene rings is 2. The molecule has 2 aromatic rings. The average Bonchev–Trinajstić information content (AvgIpc) is 3.31. The summed E-state index contributed by atoms with van der Waals surface area (Å²) in [6.45, 7) is 4.20. The highest BCUT2D eigenvalue weighted by Gasteiger charge is 2.42. The van der Waals surface area contributed by atoms with Gasteiger partial charge in [-0.3, -0.25) is 4.79 Å². The Hall–Kier alpha value is -2.80. The number of methoxy groups -OCH3 is 1. The fourth-order valence-corrected chi connectivity index (χ4v) is 5.26. The molecule has 168 valence electrons. The molecule has 4 heteroatoms. The predicted octanol–water partition coefficient (Wildman–Crippen LogP) is 6.01. The summed E-state index contributed by atoms with van der Waals surface area (Å²) in [5, 5.41) is 10.3. The highest BCUT2D eigenvalue weighted by Crippen LogP contribution is 2.44. The van der Waals surface area contributed by atoms with Gasteiger partial charge in [-0.2, -0.15) is 5.26 Å². The highest BCUT2D eigenvalue weighted by molar-refractivity contribution is 5.83. The summed E-state index contributed by atoms with van der Waals surface area (Å²) in [5.74, 6) is 1.54. The van der Waals surface area contributed by atoms with Gasteiger partial charge >= 0.3 is 0 Å². The summed E-state index contributed by atoms with van der Waals surface area (Å²) in [7, 11) is 1.65. The first kappa shape index (κ1) is 22.4. The number of rotatable bonds is 6. The predicted molar refractivity (Wildman–Crippen MR) is 125 cm³/mol. The van der Waals surface area contributed by atoms with Gasteiger partial charge in [0, 0.05) is 12.3 Å². The van der Waals surface area contributed by atoms with E-state index in [1.54, 1.807) is 7.11 Å². The third kappa shape index (κ3) is 4.53. The van der Waals surface area contributed by atoms with E-state index >= 15 is 0 Å². The lowest BCUT2D eigenvalue weighted by Crippen LogP contribution is -2.37. The molecule has 0 N–H and O–H groups in total. The van der Waals surface area contributed by atoms with Crippen molar-refractivity contribution in [2.75, 3.05) is 7.11 Å². The average molecular weight is 432 g/mol. The summed E-state index contributed by atoms with van der Waals surface area (Å²) in [6.07, 6.45) is 6.94. The van der Waals surface area contributed by atoms with Crippen molar-refractivity contribution in [3.05, 3.63) is 58.7 Å². The fraction of sp³-hybridized carbons (Fsp3) is 0.500. The molecule has 4 rings (SSSR count). The second-order valence-corrected chi connectivity index (χ2v) is 9.57. The molecule has 2 aliphatic rings. The van der Waals surface area contributed by atoms with Crippen LogP contribution in [0.2, 0.25) is 0 Å². The number of nitriles is 1. The van der Waals surface area contributed by atoms with Crippen LogP contribution in [0.15, 0.2) is 36.4 Å². The number of hydrogen-bond acceptors (Lipinski definition) is 4. The van der Waals surface area contributed by atoms with Gasteiger partial charge in [-0.1, -0.05) is 24.3 Å². The molecule has 2 aromatic carbocycles. The van der Waals surface area contributed by atoms with Crippen molar-refractivity contribution in [3.63, 3.8) is 0 Å². The molecule has 0 heterocycles. The lowest BCUT2D eigenvalue weighted by molar-refractivity contribution is -0.125. The van der Waals surface area contributed by atoms with E-state index in [4.69, 9.17) is 9.47 Å². The van der Waals surface area contributed by atoms with Gasteiger partial charge in [0.1, 0.15) is 5.78 Å². The van der Waals surface area contributed by atoms with E-state index in [-0.39, 0.29) is 17.8 Å². The second kappa shape index (κ2) is 9.36. The molecule has 32 heavy (non-hydrogen) atoms. The minimum absolute atomic E-state index is 0.146. The molecule has 2 atom stereocenters. The lowest BCUT2D eigenvalue weighted by atomic mass is 9.65. The lowest BCUT2D eigenvalue weighted by Gasteiger charge is -2.36. The third-order valence-electron chi connectivity index (χ3n) is 7.43. The second-order valence-electron chi connectivity index (χ2n) is 9.57. The van der Waals surface area contributed by atoms with E-state index < -0.39 is 5.41 Å². The van der Waals surface area contributed by atoms with E-state index in [0.29, 0.717) is 37.2 Å². The topological polar surface area (TPSA) is 59.3 Å². The molecule has 0 radical (unpaired) electrons. The fourth-order valence-electron chi connectivity index (χ4n) is 5.26. The Balaban J connectivity index is 1.61. The molecular weight excluding hydrogens is 398 g/mol. The maximum Gasteiger partial charge on any atom is 0.161 e. The Kier molecular flexibility index (Phi) is 6.55. The third-order valence-corrected chi connectivity index (χ3v) is 7.43. The minimum Gasteiger partial charge on any atom is -0.493 e. The Morgan fingerprint density at radius 2 is 1.84 bits per heavy atom. The van der Waals surface area contributed by atoms with Crippen LogP contribution in [-0.2, 0) is 16.6 Å². The van der Waals surface area contributed by atoms with Crippen molar-refractivity contribution in [3.8, 4) is 17.6 Å². The largest absolute Gasteiger partial charge is 0.493 e. The number of ketones is 1. The normalized spacial score (nSPS) is 23.7. The van der Waals surface area contributed by atoms with Crippen LogP contribution in [0.25, 0.3) is 0 Å². The first-order valence-electron chi connectivity index (χ1n) is 11.8. The Morgan fingerprint density at radius 1 is 1.06 bits per heavy atom. The molecule has 2 unspecified atom stereocenters. The molecule has 4 nitrogen and oxygen atoms in total. The van der Waals surface area contributed by atoms with Gasteiger partial charge in [0.25, 0.3) is 0 Å². The number of carbonyl (C=O) groups is 1. The molecule has 0 aliphatic heterocycles. The Bertz CT molecular complexity index is 1030. The van der Waals surface area contributed by atoms with E-state index in [1.165, 1.54) is 29.5 Å². The monoisotopic (exact) mass is 431 g/mol. The van der Waals surface area contributed by atoms with E-state index in [0.717, 1.165) is 18.4 Å². The molecule has 2 saturated carbocycles. The van der Waals surface area contributed by atoms with Gasteiger partial charge < -0.3 is 9.47 Å².